The average Bonchev–Trinajstić information content (AvgIpc) is 3.00. The van der Waals surface area contributed by atoms with Crippen molar-refractivity contribution in [3.05, 3.63) is 28.2 Å². The third-order valence-electron chi connectivity index (χ3n) is 4.95. The molecule has 1 aromatic rings. The molecule has 2 nitrogen and oxygen atoms in total. The van der Waals surface area contributed by atoms with Crippen molar-refractivity contribution in [1.29, 1.82) is 5.26 Å². The molecule has 0 saturated heterocycles. The van der Waals surface area contributed by atoms with Crippen LogP contribution in [0.5, 0.6) is 5.75 Å². The summed E-state index contributed by atoms with van der Waals surface area (Å²) in [6.45, 7) is 0. The van der Waals surface area contributed by atoms with Crippen LogP contribution in [0.25, 0.3) is 0 Å². The van der Waals surface area contributed by atoms with Crippen LogP contribution in [0.15, 0.2) is 22.7 Å². The predicted octanol–water partition coefficient (Wildman–Crippen LogP) is 4.33. The second kappa shape index (κ2) is 4.83. The van der Waals surface area contributed by atoms with E-state index < -0.39 is 0 Å². The number of nitriles is 1. The van der Waals surface area contributed by atoms with E-state index in [-0.39, 0.29) is 5.41 Å². The lowest BCUT2D eigenvalue weighted by molar-refractivity contribution is 0.236. The van der Waals surface area contributed by atoms with Gasteiger partial charge in [-0.05, 0) is 61.3 Å². The maximum Gasteiger partial charge on any atom is 0.122 e. The van der Waals surface area contributed by atoms with E-state index in [0.29, 0.717) is 5.92 Å². The van der Waals surface area contributed by atoms with E-state index in [9.17, 15) is 5.26 Å². The fourth-order valence-electron chi connectivity index (χ4n) is 4.06. The van der Waals surface area contributed by atoms with Crippen molar-refractivity contribution in [2.24, 2.45) is 17.3 Å². The molecule has 0 radical (unpaired) electrons. The van der Waals surface area contributed by atoms with Gasteiger partial charge in [0, 0.05) is 4.47 Å². The summed E-state index contributed by atoms with van der Waals surface area (Å²) < 4.78 is 6.51. The third-order valence-corrected chi connectivity index (χ3v) is 5.44. The molecule has 0 aliphatic heterocycles. The Kier molecular flexibility index (Phi) is 3.30. The Balaban J connectivity index is 1.92. The zero-order valence-electron chi connectivity index (χ0n) is 11.2. The molecule has 2 fully saturated rings. The van der Waals surface area contributed by atoms with Crippen molar-refractivity contribution < 1.29 is 4.74 Å². The number of hydrogen-bond acceptors (Lipinski definition) is 2. The molecule has 3 rings (SSSR count). The standard InChI is InChI=1S/C16H18BrNO/c1-19-15-5-4-14(17)7-12(15)9-16(10-18)8-11-2-3-13(16)6-11/h4-5,7,11,13H,2-3,6,8-9H2,1H3. The number of halogens is 1. The van der Waals surface area contributed by atoms with Crippen molar-refractivity contribution >= 4 is 15.9 Å². The average molecular weight is 320 g/mol. The summed E-state index contributed by atoms with van der Waals surface area (Å²) in [5, 5.41) is 9.73. The largest absolute Gasteiger partial charge is 0.496 e. The van der Waals surface area contributed by atoms with Gasteiger partial charge >= 0.3 is 0 Å². The second-order valence-corrected chi connectivity index (χ2v) is 6.90. The first-order chi connectivity index (χ1) is 9.16. The van der Waals surface area contributed by atoms with Crippen molar-refractivity contribution in [2.75, 3.05) is 7.11 Å². The van der Waals surface area contributed by atoms with Gasteiger partial charge in [-0.15, -0.1) is 0 Å². The minimum absolute atomic E-state index is 0.156. The number of nitrogens with zero attached hydrogens (tertiary/aromatic N) is 1. The van der Waals surface area contributed by atoms with Gasteiger partial charge in [-0.25, -0.2) is 0 Å². The fourth-order valence-corrected chi connectivity index (χ4v) is 4.47. The molecule has 0 amide bonds. The number of rotatable bonds is 3. The first kappa shape index (κ1) is 13.0. The molecule has 0 aromatic heterocycles. The van der Waals surface area contributed by atoms with Crippen LogP contribution in [-0.2, 0) is 6.42 Å². The molecule has 3 atom stereocenters. The minimum atomic E-state index is -0.156. The maximum atomic E-state index is 9.73. The molecule has 0 heterocycles. The summed E-state index contributed by atoms with van der Waals surface area (Å²) in [6, 6.07) is 8.73. The monoisotopic (exact) mass is 319 g/mol. The number of hydrogen-bond donors (Lipinski definition) is 0. The lowest BCUT2D eigenvalue weighted by atomic mass is 9.70. The highest BCUT2D eigenvalue weighted by molar-refractivity contribution is 9.10. The normalized spacial score (nSPS) is 32.3. The fraction of sp³-hybridized carbons (Fsp3) is 0.562. The summed E-state index contributed by atoms with van der Waals surface area (Å²) in [7, 11) is 1.70. The van der Waals surface area contributed by atoms with Gasteiger partial charge in [-0.1, -0.05) is 22.4 Å². The van der Waals surface area contributed by atoms with Crippen LogP contribution in [0.2, 0.25) is 0 Å². The van der Waals surface area contributed by atoms with E-state index in [4.69, 9.17) is 4.74 Å². The van der Waals surface area contributed by atoms with Gasteiger partial charge in [0.2, 0.25) is 0 Å². The van der Waals surface area contributed by atoms with Gasteiger partial charge in [0.1, 0.15) is 5.75 Å². The van der Waals surface area contributed by atoms with E-state index in [0.717, 1.165) is 34.5 Å². The topological polar surface area (TPSA) is 33.0 Å². The van der Waals surface area contributed by atoms with Gasteiger partial charge < -0.3 is 4.74 Å². The van der Waals surface area contributed by atoms with Crippen molar-refractivity contribution in [2.45, 2.75) is 32.1 Å². The third kappa shape index (κ3) is 2.17. The highest BCUT2D eigenvalue weighted by Crippen LogP contribution is 2.57. The molecule has 19 heavy (non-hydrogen) atoms. The number of methoxy groups -OCH3 is 1. The van der Waals surface area contributed by atoms with E-state index in [1.54, 1.807) is 7.11 Å². The highest BCUT2D eigenvalue weighted by Gasteiger charge is 2.51. The van der Waals surface area contributed by atoms with Gasteiger partial charge in [-0.2, -0.15) is 5.26 Å². The molecule has 1 aromatic carbocycles. The highest BCUT2D eigenvalue weighted by atomic mass is 79.9. The summed E-state index contributed by atoms with van der Waals surface area (Å²) in [5.41, 5.74) is 1.00. The smallest absolute Gasteiger partial charge is 0.122 e. The van der Waals surface area contributed by atoms with Crippen molar-refractivity contribution in [3.8, 4) is 11.8 Å². The molecule has 0 N–H and O–H groups in total. The number of ether oxygens (including phenoxy) is 1. The van der Waals surface area contributed by atoms with Crippen LogP contribution in [0.4, 0.5) is 0 Å². The van der Waals surface area contributed by atoms with E-state index in [2.05, 4.69) is 28.1 Å². The summed E-state index contributed by atoms with van der Waals surface area (Å²) >= 11 is 3.52. The Bertz CT molecular complexity index is 536. The Morgan fingerprint density at radius 2 is 2.32 bits per heavy atom. The van der Waals surface area contributed by atoms with Crippen LogP contribution in [0.1, 0.15) is 31.2 Å². The maximum absolute atomic E-state index is 9.73. The Morgan fingerprint density at radius 1 is 1.47 bits per heavy atom. The van der Waals surface area contributed by atoms with E-state index >= 15 is 0 Å². The van der Waals surface area contributed by atoms with Crippen LogP contribution in [0.3, 0.4) is 0 Å². The first-order valence-corrected chi connectivity index (χ1v) is 7.70. The van der Waals surface area contributed by atoms with Crippen LogP contribution >= 0.6 is 15.9 Å². The zero-order valence-corrected chi connectivity index (χ0v) is 12.7. The van der Waals surface area contributed by atoms with Gasteiger partial charge in [-0.3, -0.25) is 0 Å². The lowest BCUT2D eigenvalue weighted by Crippen LogP contribution is -2.28. The zero-order chi connectivity index (χ0) is 13.5. The lowest BCUT2D eigenvalue weighted by Gasteiger charge is -2.31. The molecule has 3 heteroatoms. The number of fused-ring (bicyclic) bond motifs is 2. The van der Waals surface area contributed by atoms with Crippen LogP contribution in [0, 0.1) is 28.6 Å². The molecule has 2 bridgehead atoms. The molecule has 3 unspecified atom stereocenters. The van der Waals surface area contributed by atoms with Gasteiger partial charge in [0.25, 0.3) is 0 Å². The van der Waals surface area contributed by atoms with E-state index in [1.807, 2.05) is 12.1 Å². The van der Waals surface area contributed by atoms with Crippen LogP contribution < -0.4 is 4.74 Å². The van der Waals surface area contributed by atoms with Crippen LogP contribution in [-0.4, -0.2) is 7.11 Å². The van der Waals surface area contributed by atoms with E-state index in [1.165, 1.54) is 19.3 Å². The summed E-state index contributed by atoms with van der Waals surface area (Å²) in [4.78, 5) is 0. The Morgan fingerprint density at radius 3 is 2.89 bits per heavy atom. The summed E-state index contributed by atoms with van der Waals surface area (Å²) in [5.74, 6) is 2.27. The first-order valence-electron chi connectivity index (χ1n) is 6.90. The van der Waals surface area contributed by atoms with Crippen molar-refractivity contribution in [3.63, 3.8) is 0 Å². The molecule has 100 valence electrons. The second-order valence-electron chi connectivity index (χ2n) is 5.98. The number of benzene rings is 1. The van der Waals surface area contributed by atoms with Crippen molar-refractivity contribution in [1.82, 2.24) is 0 Å². The SMILES string of the molecule is COc1ccc(Br)cc1CC1(C#N)CC2CCC1C2. The predicted molar refractivity (Wildman–Crippen MR) is 77.9 cm³/mol. The minimum Gasteiger partial charge on any atom is -0.496 e. The van der Waals surface area contributed by atoms with Gasteiger partial charge in [0.05, 0.1) is 18.6 Å². The quantitative estimate of drug-likeness (QED) is 0.830. The molecule has 2 aliphatic carbocycles. The Hall–Kier alpha value is -1.01. The Labute approximate surface area is 122 Å². The molecule has 2 aliphatic rings. The van der Waals surface area contributed by atoms with Gasteiger partial charge in [0.15, 0.2) is 0 Å². The summed E-state index contributed by atoms with van der Waals surface area (Å²) in [6.07, 6.45) is 5.71. The molecule has 0 spiro atoms. The molecular formula is C16H18BrNO. The molecule has 2 saturated carbocycles. The molecular weight excluding hydrogens is 302 g/mol.